The predicted octanol–water partition coefficient (Wildman–Crippen LogP) is 2.29. The van der Waals surface area contributed by atoms with Gasteiger partial charge in [0.05, 0.1) is 12.1 Å². The fraction of sp³-hybridized carbons (Fsp3) is 0.571. The number of benzene rings is 1. The Bertz CT molecular complexity index is 389. The molecule has 0 amide bonds. The summed E-state index contributed by atoms with van der Waals surface area (Å²) in [4.78, 5) is 2.39. The molecule has 0 aromatic heterocycles. The zero-order valence-corrected chi connectivity index (χ0v) is 12.3. The molecule has 100 valence electrons. The van der Waals surface area contributed by atoms with Crippen LogP contribution in [0.3, 0.4) is 0 Å². The molecule has 1 fully saturated rings. The third-order valence-electron chi connectivity index (χ3n) is 3.61. The van der Waals surface area contributed by atoms with Gasteiger partial charge in [-0.25, -0.2) is 0 Å². The highest BCUT2D eigenvalue weighted by Gasteiger charge is 2.28. The minimum atomic E-state index is -0.144. The molecule has 0 spiro atoms. The topological polar surface area (TPSA) is 49.5 Å². The van der Waals surface area contributed by atoms with E-state index in [1.807, 2.05) is 12.1 Å². The monoisotopic (exact) mass is 312 g/mol. The van der Waals surface area contributed by atoms with Gasteiger partial charge in [0.2, 0.25) is 0 Å². The van der Waals surface area contributed by atoms with E-state index in [-0.39, 0.29) is 18.2 Å². The molecule has 1 saturated heterocycles. The van der Waals surface area contributed by atoms with Gasteiger partial charge in [-0.15, -0.1) is 0 Å². The molecule has 3 nitrogen and oxygen atoms in total. The molecular formula is C14H21BrN2O. The second kappa shape index (κ2) is 6.15. The van der Waals surface area contributed by atoms with Gasteiger partial charge in [-0.3, -0.25) is 4.90 Å². The fourth-order valence-electron chi connectivity index (χ4n) is 2.69. The Morgan fingerprint density at radius 1 is 1.33 bits per heavy atom. The highest BCUT2D eigenvalue weighted by molar-refractivity contribution is 9.10. The molecule has 0 saturated carbocycles. The summed E-state index contributed by atoms with van der Waals surface area (Å²) < 4.78 is 1.11. The number of hydrogen-bond donors (Lipinski definition) is 2. The van der Waals surface area contributed by atoms with Crippen molar-refractivity contribution < 1.29 is 5.11 Å². The summed E-state index contributed by atoms with van der Waals surface area (Å²) in [6.45, 7) is 3.87. The number of nitrogens with two attached hydrogens (primary N) is 1. The normalized spacial score (nSPS) is 21.8. The van der Waals surface area contributed by atoms with Crippen molar-refractivity contribution in [2.75, 3.05) is 13.1 Å². The molecule has 2 rings (SSSR count). The third-order valence-corrected chi connectivity index (χ3v) is 4.34. The maximum atomic E-state index is 9.61. The Morgan fingerprint density at radius 2 is 1.94 bits per heavy atom. The van der Waals surface area contributed by atoms with Crippen LogP contribution in [0.5, 0.6) is 0 Å². The summed E-state index contributed by atoms with van der Waals surface area (Å²) in [5.74, 6) is 0. The van der Waals surface area contributed by atoms with Gasteiger partial charge in [0.25, 0.3) is 0 Å². The van der Waals surface area contributed by atoms with E-state index in [9.17, 15) is 5.11 Å². The van der Waals surface area contributed by atoms with Gasteiger partial charge in [0.15, 0.2) is 0 Å². The van der Waals surface area contributed by atoms with Crippen molar-refractivity contribution in [3.63, 3.8) is 0 Å². The first-order chi connectivity index (χ1) is 8.59. The lowest BCUT2D eigenvalue weighted by atomic mass is 9.96. The summed E-state index contributed by atoms with van der Waals surface area (Å²) in [6.07, 6.45) is 1.54. The van der Waals surface area contributed by atoms with E-state index < -0.39 is 0 Å². The van der Waals surface area contributed by atoms with Crippen LogP contribution in [0.2, 0.25) is 0 Å². The Kier molecular flexibility index (Phi) is 4.78. The van der Waals surface area contributed by atoms with Crippen LogP contribution in [0.25, 0.3) is 0 Å². The van der Waals surface area contributed by atoms with Crippen LogP contribution in [-0.2, 0) is 0 Å². The number of likely N-dealkylation sites (tertiary alicyclic amines) is 1. The molecule has 3 N–H and O–H groups in total. The van der Waals surface area contributed by atoms with Gasteiger partial charge in [-0.1, -0.05) is 34.1 Å². The number of halogens is 1. The van der Waals surface area contributed by atoms with Crippen molar-refractivity contribution in [1.29, 1.82) is 0 Å². The van der Waals surface area contributed by atoms with Gasteiger partial charge in [0, 0.05) is 23.6 Å². The molecule has 1 aliphatic heterocycles. The molecule has 2 atom stereocenters. The molecule has 0 bridgehead atoms. The Balaban J connectivity index is 2.21. The number of aliphatic hydroxyl groups is 1. The lowest BCUT2D eigenvalue weighted by molar-refractivity contribution is 0.0547. The standard InChI is InChI=1S/C14H21BrN2O/c1-10(16)14(12-4-2-3-5-13(12)15)17-8-6-11(18)7-9-17/h2-5,10-11,14,18H,6-9,16H2,1H3. The van der Waals surface area contributed by atoms with Crippen LogP contribution >= 0.6 is 15.9 Å². The highest BCUT2D eigenvalue weighted by Crippen LogP contribution is 2.31. The van der Waals surface area contributed by atoms with Crippen LogP contribution in [0.4, 0.5) is 0 Å². The average Bonchev–Trinajstić information content (AvgIpc) is 2.34. The van der Waals surface area contributed by atoms with Crippen LogP contribution in [0, 0.1) is 0 Å². The van der Waals surface area contributed by atoms with Crippen LogP contribution in [0.15, 0.2) is 28.7 Å². The first-order valence-electron chi connectivity index (χ1n) is 6.51. The highest BCUT2D eigenvalue weighted by atomic mass is 79.9. The van der Waals surface area contributed by atoms with E-state index >= 15 is 0 Å². The summed E-state index contributed by atoms with van der Waals surface area (Å²) in [5.41, 5.74) is 7.42. The number of piperidine rings is 1. The zero-order chi connectivity index (χ0) is 13.1. The summed E-state index contributed by atoms with van der Waals surface area (Å²) in [7, 11) is 0. The van der Waals surface area contributed by atoms with E-state index in [2.05, 4.69) is 39.9 Å². The molecular weight excluding hydrogens is 292 g/mol. The van der Waals surface area contributed by atoms with Crippen molar-refractivity contribution in [3.8, 4) is 0 Å². The van der Waals surface area contributed by atoms with Crippen LogP contribution in [-0.4, -0.2) is 35.2 Å². The quantitative estimate of drug-likeness (QED) is 0.900. The lowest BCUT2D eigenvalue weighted by Gasteiger charge is -2.38. The second-order valence-corrected chi connectivity index (χ2v) is 5.95. The van der Waals surface area contributed by atoms with E-state index in [4.69, 9.17) is 5.73 Å². The van der Waals surface area contributed by atoms with Crippen LogP contribution in [0.1, 0.15) is 31.4 Å². The molecule has 2 unspecified atom stereocenters. The lowest BCUT2D eigenvalue weighted by Crippen LogP contribution is -2.44. The van der Waals surface area contributed by atoms with E-state index in [0.29, 0.717) is 0 Å². The van der Waals surface area contributed by atoms with Gasteiger partial charge >= 0.3 is 0 Å². The first-order valence-corrected chi connectivity index (χ1v) is 7.31. The number of aliphatic hydroxyl groups excluding tert-OH is 1. The predicted molar refractivity (Wildman–Crippen MR) is 77.3 cm³/mol. The second-order valence-electron chi connectivity index (χ2n) is 5.09. The SMILES string of the molecule is CC(N)C(c1ccccc1Br)N1CCC(O)CC1. The minimum Gasteiger partial charge on any atom is -0.393 e. The van der Waals surface area contributed by atoms with Crippen molar-refractivity contribution in [3.05, 3.63) is 34.3 Å². The maximum Gasteiger partial charge on any atom is 0.0564 e. The summed E-state index contributed by atoms with van der Waals surface area (Å²) in [6, 6.07) is 8.54. The van der Waals surface area contributed by atoms with Gasteiger partial charge in [0.1, 0.15) is 0 Å². The van der Waals surface area contributed by atoms with E-state index in [1.54, 1.807) is 0 Å². The zero-order valence-electron chi connectivity index (χ0n) is 10.7. The number of hydrogen-bond acceptors (Lipinski definition) is 3. The molecule has 0 radical (unpaired) electrons. The van der Waals surface area contributed by atoms with E-state index in [1.165, 1.54) is 5.56 Å². The third kappa shape index (κ3) is 3.12. The number of rotatable bonds is 3. The molecule has 1 heterocycles. The maximum absolute atomic E-state index is 9.61. The number of nitrogens with zero attached hydrogens (tertiary/aromatic N) is 1. The Hall–Kier alpha value is -0.420. The Morgan fingerprint density at radius 3 is 2.50 bits per heavy atom. The molecule has 4 heteroatoms. The fourth-order valence-corrected chi connectivity index (χ4v) is 3.21. The van der Waals surface area contributed by atoms with Crippen molar-refractivity contribution in [2.45, 2.75) is 38.0 Å². The molecule has 1 aliphatic rings. The Labute approximate surface area is 117 Å². The minimum absolute atomic E-state index is 0.0685. The van der Waals surface area contributed by atoms with Crippen molar-refractivity contribution >= 4 is 15.9 Å². The van der Waals surface area contributed by atoms with Crippen LogP contribution < -0.4 is 5.73 Å². The largest absolute Gasteiger partial charge is 0.393 e. The van der Waals surface area contributed by atoms with Gasteiger partial charge < -0.3 is 10.8 Å². The first kappa shape index (κ1) is 14.0. The summed E-state index contributed by atoms with van der Waals surface area (Å²) >= 11 is 3.61. The van der Waals surface area contributed by atoms with Gasteiger partial charge in [-0.2, -0.15) is 0 Å². The molecule has 1 aromatic carbocycles. The van der Waals surface area contributed by atoms with E-state index in [0.717, 1.165) is 30.4 Å². The molecule has 1 aromatic rings. The summed E-state index contributed by atoms with van der Waals surface area (Å²) in [5, 5.41) is 9.61. The molecule has 0 aliphatic carbocycles. The van der Waals surface area contributed by atoms with Gasteiger partial charge in [-0.05, 0) is 31.4 Å². The van der Waals surface area contributed by atoms with Crippen molar-refractivity contribution in [1.82, 2.24) is 4.90 Å². The average molecular weight is 313 g/mol. The molecule has 18 heavy (non-hydrogen) atoms. The smallest absolute Gasteiger partial charge is 0.0564 e. The van der Waals surface area contributed by atoms with Crippen molar-refractivity contribution in [2.24, 2.45) is 5.73 Å².